The summed E-state index contributed by atoms with van der Waals surface area (Å²) in [4.78, 5) is 26.4. The third kappa shape index (κ3) is 4.18. The van der Waals surface area contributed by atoms with Crippen molar-refractivity contribution in [1.82, 2.24) is 5.32 Å². The average molecular weight is 473 g/mol. The van der Waals surface area contributed by atoms with Gasteiger partial charge >= 0.3 is 0 Å². The number of amides is 2. The Balaban J connectivity index is 1.34. The largest absolute Gasteiger partial charge is 0.507 e. The number of thioether (sulfide) groups is 2. The molecule has 6 nitrogen and oxygen atoms in total. The minimum atomic E-state index is -0.964. The van der Waals surface area contributed by atoms with Gasteiger partial charge in [0.2, 0.25) is 5.91 Å². The standard InChI is InChI=1S/C24H28N2O4S2/c1-13-14(2)20-16(15(3)19(13)27)9-10-24(4,30-20)23(29)25-11-12-31-22-21(28)26-17-7-5-6-8-18(17)32-22/h5-8,22,27H,9-12H2,1-4H3,(H,25,29)(H,26,28). The number of nitrogens with one attached hydrogen (secondary N) is 2. The van der Waals surface area contributed by atoms with E-state index >= 15 is 0 Å². The molecule has 0 radical (unpaired) electrons. The Bertz CT molecular complexity index is 1090. The van der Waals surface area contributed by atoms with Crippen molar-refractivity contribution in [3.63, 3.8) is 0 Å². The number of fused-ring (bicyclic) bond motifs is 2. The fourth-order valence-corrected chi connectivity index (χ4v) is 6.38. The maximum atomic E-state index is 13.0. The second-order valence-electron chi connectivity index (χ2n) is 8.43. The number of carbonyl (C=O) groups is 2. The second kappa shape index (κ2) is 8.90. The number of ether oxygens (including phenoxy) is 1. The minimum absolute atomic E-state index is 0.0197. The highest BCUT2D eigenvalue weighted by molar-refractivity contribution is 8.18. The van der Waals surface area contributed by atoms with Crippen LogP contribution in [0.2, 0.25) is 0 Å². The Morgan fingerprint density at radius 2 is 2.03 bits per heavy atom. The van der Waals surface area contributed by atoms with Crippen molar-refractivity contribution in [2.75, 3.05) is 17.6 Å². The summed E-state index contributed by atoms with van der Waals surface area (Å²) in [6.45, 7) is 7.94. The molecule has 170 valence electrons. The summed E-state index contributed by atoms with van der Waals surface area (Å²) in [6.07, 6.45) is 1.21. The number of phenols is 1. The SMILES string of the molecule is Cc1c(C)c2c(c(C)c1O)CCC(C)(C(=O)NCCSC1Sc3ccccc3NC1=O)O2. The predicted molar refractivity (Wildman–Crippen MR) is 130 cm³/mol. The molecule has 4 rings (SSSR count). The molecule has 0 saturated heterocycles. The summed E-state index contributed by atoms with van der Waals surface area (Å²) >= 11 is 3.06. The molecule has 2 amide bonds. The smallest absolute Gasteiger partial charge is 0.263 e. The number of rotatable bonds is 5. The number of phenolic OH excluding ortho intramolecular Hbond substituents is 1. The Labute approximate surface area is 196 Å². The van der Waals surface area contributed by atoms with Crippen LogP contribution in [0.3, 0.4) is 0 Å². The number of benzene rings is 2. The van der Waals surface area contributed by atoms with Crippen LogP contribution >= 0.6 is 23.5 Å². The summed E-state index contributed by atoms with van der Waals surface area (Å²) in [5, 5.41) is 16.3. The lowest BCUT2D eigenvalue weighted by atomic mass is 9.86. The maximum absolute atomic E-state index is 13.0. The van der Waals surface area contributed by atoms with Gasteiger partial charge in [-0.25, -0.2) is 0 Å². The number of aromatic hydroxyl groups is 1. The van der Waals surface area contributed by atoms with Gasteiger partial charge in [-0.2, -0.15) is 0 Å². The Morgan fingerprint density at radius 3 is 2.81 bits per heavy atom. The van der Waals surface area contributed by atoms with Crippen LogP contribution in [0.4, 0.5) is 5.69 Å². The van der Waals surface area contributed by atoms with Crippen molar-refractivity contribution in [2.45, 2.75) is 55.6 Å². The third-order valence-corrected chi connectivity index (χ3v) is 8.94. The molecule has 32 heavy (non-hydrogen) atoms. The summed E-state index contributed by atoms with van der Waals surface area (Å²) in [5.41, 5.74) is 3.35. The number of para-hydroxylation sites is 1. The van der Waals surface area contributed by atoms with Crippen molar-refractivity contribution in [3.8, 4) is 11.5 Å². The van der Waals surface area contributed by atoms with Crippen LogP contribution in [0.25, 0.3) is 0 Å². The van der Waals surface area contributed by atoms with Gasteiger partial charge in [0.1, 0.15) is 16.1 Å². The van der Waals surface area contributed by atoms with E-state index in [1.54, 1.807) is 11.8 Å². The van der Waals surface area contributed by atoms with Gasteiger partial charge in [-0.15, -0.1) is 11.8 Å². The van der Waals surface area contributed by atoms with E-state index in [9.17, 15) is 14.7 Å². The molecule has 2 aromatic rings. The predicted octanol–water partition coefficient (Wildman–Crippen LogP) is 4.32. The number of hydrogen-bond donors (Lipinski definition) is 3. The van der Waals surface area contributed by atoms with E-state index < -0.39 is 5.60 Å². The number of anilines is 1. The number of hydrogen-bond acceptors (Lipinski definition) is 6. The molecule has 3 N–H and O–H groups in total. The van der Waals surface area contributed by atoms with Crippen molar-refractivity contribution >= 4 is 41.0 Å². The van der Waals surface area contributed by atoms with Crippen LogP contribution in [-0.2, 0) is 16.0 Å². The molecule has 0 fully saturated rings. The molecule has 2 aliphatic heterocycles. The monoisotopic (exact) mass is 472 g/mol. The molecule has 2 heterocycles. The van der Waals surface area contributed by atoms with Gasteiger partial charge in [0.15, 0.2) is 5.60 Å². The topological polar surface area (TPSA) is 87.7 Å². The van der Waals surface area contributed by atoms with Gasteiger partial charge in [0.25, 0.3) is 5.91 Å². The Hall–Kier alpha value is -2.32. The van der Waals surface area contributed by atoms with Gasteiger partial charge in [0, 0.05) is 29.2 Å². The summed E-state index contributed by atoms with van der Waals surface area (Å²) in [7, 11) is 0. The normalized spacial score (nSPS) is 21.8. The summed E-state index contributed by atoms with van der Waals surface area (Å²) < 4.78 is 5.99. The fourth-order valence-electron chi connectivity index (χ4n) is 4.07. The van der Waals surface area contributed by atoms with Gasteiger partial charge < -0.3 is 20.5 Å². The molecule has 2 aromatic carbocycles. The lowest BCUT2D eigenvalue weighted by Gasteiger charge is -2.36. The Kier molecular flexibility index (Phi) is 6.36. The van der Waals surface area contributed by atoms with E-state index in [1.165, 1.54) is 11.8 Å². The first-order valence-corrected chi connectivity index (χ1v) is 12.6. The molecule has 0 saturated carbocycles. The third-order valence-electron chi connectivity index (χ3n) is 6.25. The number of carbonyl (C=O) groups excluding carboxylic acids is 2. The molecule has 0 aromatic heterocycles. The zero-order valence-electron chi connectivity index (χ0n) is 18.7. The highest BCUT2D eigenvalue weighted by Crippen LogP contribution is 2.43. The molecule has 0 spiro atoms. The molecule has 2 aliphatic rings. The van der Waals surface area contributed by atoms with Gasteiger partial charge in [0.05, 0.1) is 5.69 Å². The first kappa shape index (κ1) is 22.9. The van der Waals surface area contributed by atoms with Gasteiger partial charge in [-0.1, -0.05) is 23.9 Å². The van der Waals surface area contributed by atoms with Crippen molar-refractivity contribution in [3.05, 3.63) is 46.5 Å². The van der Waals surface area contributed by atoms with E-state index in [2.05, 4.69) is 10.6 Å². The van der Waals surface area contributed by atoms with Gasteiger partial charge in [-0.3, -0.25) is 9.59 Å². The van der Waals surface area contributed by atoms with Gasteiger partial charge in [-0.05, 0) is 62.9 Å². The van der Waals surface area contributed by atoms with Crippen molar-refractivity contribution in [2.24, 2.45) is 0 Å². The van der Waals surface area contributed by atoms with E-state index in [0.29, 0.717) is 36.6 Å². The lowest BCUT2D eigenvalue weighted by Crippen LogP contribution is -2.51. The van der Waals surface area contributed by atoms with Crippen LogP contribution in [0, 0.1) is 20.8 Å². The maximum Gasteiger partial charge on any atom is 0.263 e. The highest BCUT2D eigenvalue weighted by atomic mass is 32.2. The summed E-state index contributed by atoms with van der Waals surface area (Å²) in [6, 6.07) is 7.76. The zero-order valence-corrected chi connectivity index (χ0v) is 20.3. The highest BCUT2D eigenvalue weighted by Gasteiger charge is 2.40. The van der Waals surface area contributed by atoms with E-state index in [-0.39, 0.29) is 16.4 Å². The molecule has 0 bridgehead atoms. The molecule has 8 heteroatoms. The molecule has 2 unspecified atom stereocenters. The minimum Gasteiger partial charge on any atom is -0.507 e. The fraction of sp³-hybridized carbons (Fsp3) is 0.417. The van der Waals surface area contributed by atoms with E-state index in [0.717, 1.165) is 32.8 Å². The first-order chi connectivity index (χ1) is 15.2. The lowest BCUT2D eigenvalue weighted by molar-refractivity contribution is -0.136. The first-order valence-electron chi connectivity index (χ1n) is 10.7. The van der Waals surface area contributed by atoms with Crippen molar-refractivity contribution < 1.29 is 19.4 Å². The van der Waals surface area contributed by atoms with Crippen LogP contribution in [0.5, 0.6) is 11.5 Å². The molecular formula is C24H28N2O4S2. The quantitative estimate of drug-likeness (QED) is 0.562. The van der Waals surface area contributed by atoms with Crippen molar-refractivity contribution in [1.29, 1.82) is 0 Å². The van der Waals surface area contributed by atoms with E-state index in [1.807, 2.05) is 52.0 Å². The summed E-state index contributed by atoms with van der Waals surface area (Å²) in [5.74, 6) is 1.47. The Morgan fingerprint density at radius 1 is 1.28 bits per heavy atom. The van der Waals surface area contributed by atoms with Crippen LogP contribution in [0.1, 0.15) is 35.6 Å². The van der Waals surface area contributed by atoms with Crippen LogP contribution in [-0.4, -0.2) is 39.4 Å². The van der Waals surface area contributed by atoms with Crippen LogP contribution < -0.4 is 15.4 Å². The zero-order chi connectivity index (χ0) is 23.0. The average Bonchev–Trinajstić information content (AvgIpc) is 2.79. The molecular weight excluding hydrogens is 444 g/mol. The van der Waals surface area contributed by atoms with E-state index in [4.69, 9.17) is 4.74 Å². The molecule has 0 aliphatic carbocycles. The van der Waals surface area contributed by atoms with Crippen LogP contribution in [0.15, 0.2) is 29.2 Å². The second-order valence-corrected chi connectivity index (χ2v) is 11.1. The molecule has 2 atom stereocenters.